The van der Waals surface area contributed by atoms with Gasteiger partial charge in [-0.1, -0.05) is 12.1 Å². The molecule has 2 N–H and O–H groups in total. The van der Waals surface area contributed by atoms with Crippen LogP contribution < -0.4 is 10.6 Å². The van der Waals surface area contributed by atoms with Crippen molar-refractivity contribution in [2.45, 2.75) is 13.8 Å². The topological polar surface area (TPSA) is 124 Å². The van der Waals surface area contributed by atoms with E-state index in [9.17, 15) is 14.0 Å². The molecule has 1 aromatic carbocycles. The Bertz CT molecular complexity index is 1350. The van der Waals surface area contributed by atoms with E-state index in [1.54, 1.807) is 49.0 Å². The summed E-state index contributed by atoms with van der Waals surface area (Å²) in [6, 6.07) is 5.65. The largest absolute Gasteiger partial charge is 0.461 e. The predicted octanol–water partition coefficient (Wildman–Crippen LogP) is 3.61. The highest BCUT2D eigenvalue weighted by Gasteiger charge is 2.23. The molecule has 0 atom stereocenters. The second kappa shape index (κ2) is 9.28. The smallest absolute Gasteiger partial charge is 0.357 e. The van der Waals surface area contributed by atoms with E-state index in [4.69, 9.17) is 4.74 Å². The first kappa shape index (κ1) is 22.3. The molecular formula is C21H20FN7O3S. The van der Waals surface area contributed by atoms with Gasteiger partial charge >= 0.3 is 12.0 Å². The van der Waals surface area contributed by atoms with Crippen LogP contribution in [0, 0.1) is 5.82 Å². The number of imidazole rings is 1. The number of rotatable bonds is 6. The number of urea groups is 1. The summed E-state index contributed by atoms with van der Waals surface area (Å²) >= 11 is 1.22. The average molecular weight is 470 g/mol. The van der Waals surface area contributed by atoms with Crippen molar-refractivity contribution in [2.24, 2.45) is 7.05 Å². The van der Waals surface area contributed by atoms with Gasteiger partial charge in [-0.15, -0.1) is 11.3 Å². The second-order valence-electron chi connectivity index (χ2n) is 6.79. The number of halogens is 1. The van der Waals surface area contributed by atoms with Crippen LogP contribution in [0.15, 0.2) is 29.6 Å². The Balaban J connectivity index is 1.88. The fourth-order valence-corrected chi connectivity index (χ4v) is 3.94. The van der Waals surface area contributed by atoms with Gasteiger partial charge in [0.2, 0.25) is 5.95 Å². The highest BCUT2D eigenvalue weighted by atomic mass is 32.1. The second-order valence-corrected chi connectivity index (χ2v) is 7.64. The van der Waals surface area contributed by atoms with Crippen molar-refractivity contribution in [2.75, 3.05) is 18.5 Å². The monoisotopic (exact) mass is 469 g/mol. The van der Waals surface area contributed by atoms with E-state index in [0.717, 1.165) is 0 Å². The normalized spacial score (nSPS) is 10.9. The van der Waals surface area contributed by atoms with Crippen LogP contribution in [-0.2, 0) is 11.8 Å². The molecule has 0 aliphatic heterocycles. The zero-order chi connectivity index (χ0) is 23.5. The number of hydrogen-bond acceptors (Lipinski definition) is 8. The molecule has 0 aliphatic rings. The van der Waals surface area contributed by atoms with Gasteiger partial charge in [-0.25, -0.2) is 28.9 Å². The summed E-state index contributed by atoms with van der Waals surface area (Å²) in [5, 5.41) is 7.20. The zero-order valence-electron chi connectivity index (χ0n) is 18.0. The van der Waals surface area contributed by atoms with Crippen LogP contribution in [0.5, 0.6) is 0 Å². The van der Waals surface area contributed by atoms with Crippen LogP contribution in [-0.4, -0.2) is 49.7 Å². The molecule has 0 saturated heterocycles. The molecule has 4 rings (SSSR count). The number of hydrogen-bond donors (Lipinski definition) is 2. The molecule has 10 nitrogen and oxygen atoms in total. The van der Waals surface area contributed by atoms with E-state index >= 15 is 0 Å². The van der Waals surface area contributed by atoms with Crippen molar-refractivity contribution in [1.82, 2.24) is 29.8 Å². The van der Waals surface area contributed by atoms with Crippen LogP contribution >= 0.6 is 11.3 Å². The Morgan fingerprint density at radius 2 is 1.94 bits per heavy atom. The van der Waals surface area contributed by atoms with Gasteiger partial charge in [0, 0.05) is 24.5 Å². The van der Waals surface area contributed by atoms with Crippen LogP contribution in [0.2, 0.25) is 0 Å². The number of fused-ring (bicyclic) bond motifs is 1. The summed E-state index contributed by atoms with van der Waals surface area (Å²) in [4.78, 5) is 41.8. The highest BCUT2D eigenvalue weighted by molar-refractivity contribution is 7.13. The molecule has 0 radical (unpaired) electrons. The number of ether oxygens (including phenoxy) is 1. The molecule has 0 saturated carbocycles. The summed E-state index contributed by atoms with van der Waals surface area (Å²) in [6.07, 6.45) is 0. The summed E-state index contributed by atoms with van der Waals surface area (Å²) < 4.78 is 21.3. The maximum absolute atomic E-state index is 14.7. The minimum Gasteiger partial charge on any atom is -0.461 e. The highest BCUT2D eigenvalue weighted by Crippen LogP contribution is 2.32. The molecule has 0 fully saturated rings. The van der Waals surface area contributed by atoms with Crippen molar-refractivity contribution in [1.29, 1.82) is 0 Å². The summed E-state index contributed by atoms with van der Waals surface area (Å²) in [7, 11) is 1.71. The van der Waals surface area contributed by atoms with Crippen LogP contribution in [0.1, 0.15) is 24.3 Å². The van der Waals surface area contributed by atoms with Gasteiger partial charge in [-0.2, -0.15) is 4.98 Å². The maximum atomic E-state index is 14.7. The molecule has 0 spiro atoms. The number of esters is 1. The first-order valence-corrected chi connectivity index (χ1v) is 11.0. The molecule has 0 bridgehead atoms. The molecule has 12 heteroatoms. The van der Waals surface area contributed by atoms with Gasteiger partial charge in [0.05, 0.1) is 6.61 Å². The van der Waals surface area contributed by atoms with Crippen LogP contribution in [0.25, 0.3) is 33.3 Å². The minimum atomic E-state index is -0.529. The number of nitrogens with one attached hydrogen (secondary N) is 2. The third-order valence-corrected chi connectivity index (χ3v) is 5.43. The molecule has 0 aliphatic carbocycles. The first-order chi connectivity index (χ1) is 15.9. The lowest BCUT2D eigenvalue weighted by atomic mass is 10.1. The quantitative estimate of drug-likeness (QED) is 0.413. The van der Waals surface area contributed by atoms with Crippen molar-refractivity contribution in [3.05, 3.63) is 41.2 Å². The van der Waals surface area contributed by atoms with Gasteiger partial charge in [0.1, 0.15) is 17.0 Å². The number of anilines is 1. The average Bonchev–Trinajstić information content (AvgIpc) is 3.39. The van der Waals surface area contributed by atoms with Gasteiger partial charge in [0.15, 0.2) is 22.2 Å². The van der Waals surface area contributed by atoms with E-state index in [-0.39, 0.29) is 29.5 Å². The van der Waals surface area contributed by atoms with Crippen LogP contribution in [0.3, 0.4) is 0 Å². The summed E-state index contributed by atoms with van der Waals surface area (Å²) in [5.41, 5.74) is 1.28. The Kier molecular flexibility index (Phi) is 6.27. The molecule has 33 heavy (non-hydrogen) atoms. The number of nitrogens with zero attached hydrogens (tertiary/aromatic N) is 5. The van der Waals surface area contributed by atoms with Crippen LogP contribution in [0.4, 0.5) is 15.1 Å². The lowest BCUT2D eigenvalue weighted by molar-refractivity contribution is 0.0520. The van der Waals surface area contributed by atoms with Gasteiger partial charge < -0.3 is 14.6 Å². The number of carbonyl (C=O) groups is 2. The van der Waals surface area contributed by atoms with Crippen molar-refractivity contribution < 1.29 is 18.7 Å². The summed E-state index contributed by atoms with van der Waals surface area (Å²) in [5.74, 6) is -0.619. The molecule has 170 valence electrons. The number of thiazole rings is 1. The molecule has 4 aromatic rings. The molecule has 3 aromatic heterocycles. The SMILES string of the molecule is CCNC(=O)Nc1nc(-c2ccccc2F)c2nc(-c3nc(C(=O)OCC)cs3)n(C)c2n1. The van der Waals surface area contributed by atoms with Gasteiger partial charge in [-0.05, 0) is 26.0 Å². The van der Waals surface area contributed by atoms with E-state index in [0.29, 0.717) is 28.5 Å². The third-order valence-electron chi connectivity index (χ3n) is 4.59. The Morgan fingerprint density at radius 3 is 2.67 bits per heavy atom. The van der Waals surface area contributed by atoms with E-state index in [2.05, 4.69) is 30.6 Å². The Labute approximate surface area is 191 Å². The van der Waals surface area contributed by atoms with Crippen molar-refractivity contribution >= 4 is 40.4 Å². The standard InChI is InChI=1S/C21H20FN7O3S/c1-4-23-21(31)28-20-26-14(11-8-6-7-9-12(11)22)15-16(27-20)29(3)17(25-15)18-24-13(10-33-18)19(30)32-5-2/h6-10H,4-5H2,1-3H3,(H2,23,26,27,28,31). The minimum absolute atomic E-state index is 0.00685. The van der Waals surface area contributed by atoms with E-state index in [1.165, 1.54) is 17.4 Å². The van der Waals surface area contributed by atoms with E-state index < -0.39 is 17.8 Å². The van der Waals surface area contributed by atoms with Gasteiger partial charge in [0.25, 0.3) is 0 Å². The first-order valence-electron chi connectivity index (χ1n) is 10.1. The molecular weight excluding hydrogens is 449 g/mol. The lowest BCUT2D eigenvalue weighted by Crippen LogP contribution is -2.29. The van der Waals surface area contributed by atoms with Gasteiger partial charge in [-0.3, -0.25) is 5.32 Å². The number of amides is 2. The fraction of sp³-hybridized carbons (Fsp3) is 0.238. The number of aromatic nitrogens is 5. The number of benzene rings is 1. The predicted molar refractivity (Wildman–Crippen MR) is 121 cm³/mol. The fourth-order valence-electron chi connectivity index (χ4n) is 3.13. The molecule has 0 unspecified atom stereocenters. The zero-order valence-corrected chi connectivity index (χ0v) is 18.9. The Morgan fingerprint density at radius 1 is 1.15 bits per heavy atom. The maximum Gasteiger partial charge on any atom is 0.357 e. The lowest BCUT2D eigenvalue weighted by Gasteiger charge is -2.08. The summed E-state index contributed by atoms with van der Waals surface area (Å²) in [6.45, 7) is 4.14. The number of aryl methyl sites for hydroxylation is 1. The third kappa shape index (κ3) is 4.37. The van der Waals surface area contributed by atoms with E-state index in [1.807, 2.05) is 0 Å². The Hall–Kier alpha value is -3.93. The van der Waals surface area contributed by atoms with Crippen molar-refractivity contribution in [3.8, 4) is 22.1 Å². The molecule has 2 amide bonds. The van der Waals surface area contributed by atoms with Crippen molar-refractivity contribution in [3.63, 3.8) is 0 Å². The molecule has 3 heterocycles. The number of carbonyl (C=O) groups excluding carboxylic acids is 2.